The van der Waals surface area contributed by atoms with Crippen molar-refractivity contribution in [1.29, 1.82) is 0 Å². The molecule has 11 rings (SSSR count). The van der Waals surface area contributed by atoms with Crippen LogP contribution in [-0.4, -0.2) is 15.0 Å². The predicted molar refractivity (Wildman–Crippen MR) is 243 cm³/mol. The summed E-state index contributed by atoms with van der Waals surface area (Å²) >= 11 is 1.85. The molecule has 0 saturated carbocycles. The Balaban J connectivity index is 1.17. The van der Waals surface area contributed by atoms with Crippen LogP contribution in [0.3, 0.4) is 0 Å². The molecular formula is C54H37N3S. The van der Waals surface area contributed by atoms with Gasteiger partial charge in [-0.15, -0.1) is 11.3 Å². The van der Waals surface area contributed by atoms with Crippen molar-refractivity contribution in [1.82, 2.24) is 15.0 Å². The van der Waals surface area contributed by atoms with Crippen molar-refractivity contribution in [2.24, 2.45) is 0 Å². The molecule has 3 heterocycles. The van der Waals surface area contributed by atoms with E-state index in [-0.39, 0.29) is 5.41 Å². The van der Waals surface area contributed by atoms with E-state index in [9.17, 15) is 0 Å². The molecule has 0 aliphatic heterocycles. The van der Waals surface area contributed by atoms with E-state index in [1.54, 1.807) is 0 Å². The van der Waals surface area contributed by atoms with E-state index >= 15 is 0 Å². The van der Waals surface area contributed by atoms with Gasteiger partial charge >= 0.3 is 0 Å². The molecule has 274 valence electrons. The molecule has 0 bridgehead atoms. The Morgan fingerprint density at radius 1 is 0.397 bits per heavy atom. The number of fused-ring (bicyclic) bond motifs is 6. The van der Waals surface area contributed by atoms with Crippen molar-refractivity contribution >= 4 is 31.5 Å². The SMILES string of the molecule is CC1(C)c2ccccc2-c2c1ccc(-c1cc(-c3cc(-c4ccccc4)cc(-c4ccc5sc6ccccc6c5c4)c3)nc(-c3ccccc3)n1)c2-c1ccccn1. The lowest BCUT2D eigenvalue weighted by molar-refractivity contribution is 0.660. The maximum Gasteiger partial charge on any atom is 0.160 e. The van der Waals surface area contributed by atoms with Crippen LogP contribution in [0.4, 0.5) is 0 Å². The maximum absolute atomic E-state index is 5.38. The summed E-state index contributed by atoms with van der Waals surface area (Å²) in [5, 5.41) is 2.57. The van der Waals surface area contributed by atoms with Crippen LogP contribution in [0.5, 0.6) is 0 Å². The lowest BCUT2D eigenvalue weighted by atomic mass is 9.81. The number of benzene rings is 7. The highest BCUT2D eigenvalue weighted by Crippen LogP contribution is 2.54. The zero-order valence-corrected chi connectivity index (χ0v) is 33.0. The van der Waals surface area contributed by atoms with Crippen LogP contribution >= 0.6 is 11.3 Å². The first-order chi connectivity index (χ1) is 28.5. The normalized spacial score (nSPS) is 12.8. The highest BCUT2D eigenvalue weighted by Gasteiger charge is 2.38. The second kappa shape index (κ2) is 13.6. The van der Waals surface area contributed by atoms with E-state index in [2.05, 4.69) is 184 Å². The minimum atomic E-state index is -0.160. The van der Waals surface area contributed by atoms with Crippen molar-refractivity contribution in [2.75, 3.05) is 0 Å². The molecule has 10 aromatic rings. The van der Waals surface area contributed by atoms with Gasteiger partial charge in [0.1, 0.15) is 0 Å². The minimum Gasteiger partial charge on any atom is -0.256 e. The molecule has 1 aliphatic carbocycles. The lowest BCUT2D eigenvalue weighted by Crippen LogP contribution is -2.15. The molecule has 0 saturated heterocycles. The van der Waals surface area contributed by atoms with Crippen LogP contribution < -0.4 is 0 Å². The van der Waals surface area contributed by atoms with Crippen LogP contribution in [0, 0.1) is 0 Å². The number of aromatic nitrogens is 3. The largest absolute Gasteiger partial charge is 0.256 e. The van der Waals surface area contributed by atoms with Crippen molar-refractivity contribution < 1.29 is 0 Å². The molecule has 0 N–H and O–H groups in total. The molecule has 4 heteroatoms. The summed E-state index contributed by atoms with van der Waals surface area (Å²) in [6, 6.07) is 65.2. The number of rotatable bonds is 6. The molecule has 0 radical (unpaired) electrons. The fraction of sp³-hybridized carbons (Fsp3) is 0.0556. The topological polar surface area (TPSA) is 38.7 Å². The number of thiophene rings is 1. The molecule has 0 unspecified atom stereocenters. The standard InChI is InChI=1S/C54H37N3S/c1-54(2)44-21-11-9-20-41(44)51-45(54)26-25-42(52(51)46-22-13-14-28-55-46)48-33-47(56-53(57-48)35-17-7-4-8-18-35)39-30-37(34-15-5-3-6-16-34)29-38(31-39)36-24-27-50-43(32-36)40-19-10-12-23-49(40)58-50/h3-33H,1-2H3. The van der Waals surface area contributed by atoms with E-state index in [1.165, 1.54) is 48.0 Å². The average Bonchev–Trinajstić information content (AvgIpc) is 3.78. The first-order valence-electron chi connectivity index (χ1n) is 19.8. The van der Waals surface area contributed by atoms with Gasteiger partial charge < -0.3 is 0 Å². The van der Waals surface area contributed by atoms with Gasteiger partial charge in [-0.05, 0) is 99.1 Å². The van der Waals surface area contributed by atoms with E-state index in [4.69, 9.17) is 15.0 Å². The van der Waals surface area contributed by atoms with E-state index in [1.807, 2.05) is 29.7 Å². The van der Waals surface area contributed by atoms with Gasteiger partial charge in [-0.2, -0.15) is 0 Å². The number of hydrogen-bond acceptors (Lipinski definition) is 4. The Kier molecular flexibility index (Phi) is 8.02. The van der Waals surface area contributed by atoms with Crippen molar-refractivity contribution in [2.45, 2.75) is 19.3 Å². The summed E-state index contributed by atoms with van der Waals surface area (Å²) in [6.45, 7) is 4.65. The summed E-state index contributed by atoms with van der Waals surface area (Å²) in [5.41, 5.74) is 16.3. The van der Waals surface area contributed by atoms with Gasteiger partial charge in [-0.25, -0.2) is 9.97 Å². The van der Waals surface area contributed by atoms with E-state index in [0.717, 1.165) is 56.0 Å². The monoisotopic (exact) mass is 759 g/mol. The Morgan fingerprint density at radius 3 is 1.88 bits per heavy atom. The van der Waals surface area contributed by atoms with Crippen LogP contribution in [-0.2, 0) is 5.41 Å². The van der Waals surface area contributed by atoms with Gasteiger partial charge in [0.2, 0.25) is 0 Å². The first kappa shape index (κ1) is 34.3. The summed E-state index contributed by atoms with van der Waals surface area (Å²) in [5.74, 6) is 0.680. The van der Waals surface area contributed by atoms with Crippen molar-refractivity contribution in [3.63, 3.8) is 0 Å². The third-order valence-corrected chi connectivity index (χ3v) is 12.9. The molecule has 1 aliphatic rings. The summed E-state index contributed by atoms with van der Waals surface area (Å²) in [7, 11) is 0. The van der Waals surface area contributed by atoms with Crippen molar-refractivity contribution in [3.05, 3.63) is 199 Å². The van der Waals surface area contributed by atoms with Gasteiger partial charge in [0.25, 0.3) is 0 Å². The smallest absolute Gasteiger partial charge is 0.160 e. The fourth-order valence-electron chi connectivity index (χ4n) is 8.88. The predicted octanol–water partition coefficient (Wildman–Crippen LogP) is 14.5. The second-order valence-corrected chi connectivity index (χ2v) is 16.7. The molecule has 7 aromatic carbocycles. The quantitative estimate of drug-likeness (QED) is 0.169. The van der Waals surface area contributed by atoms with Gasteiger partial charge in [0, 0.05) is 54.0 Å². The lowest BCUT2D eigenvalue weighted by Gasteiger charge is -2.22. The Bertz CT molecular complexity index is 3180. The third kappa shape index (κ3) is 5.68. The van der Waals surface area contributed by atoms with Gasteiger partial charge in [-0.3, -0.25) is 4.98 Å². The van der Waals surface area contributed by atoms with E-state index < -0.39 is 0 Å². The Hall–Kier alpha value is -7.01. The maximum atomic E-state index is 5.38. The van der Waals surface area contributed by atoms with Crippen LogP contribution in [0.2, 0.25) is 0 Å². The molecular weight excluding hydrogens is 723 g/mol. The van der Waals surface area contributed by atoms with Gasteiger partial charge in [-0.1, -0.05) is 141 Å². The summed E-state index contributed by atoms with van der Waals surface area (Å²) in [4.78, 5) is 15.7. The zero-order chi connectivity index (χ0) is 38.8. The highest BCUT2D eigenvalue weighted by molar-refractivity contribution is 7.25. The number of hydrogen-bond donors (Lipinski definition) is 0. The van der Waals surface area contributed by atoms with Crippen LogP contribution in [0.15, 0.2) is 188 Å². The third-order valence-electron chi connectivity index (χ3n) is 11.7. The number of pyridine rings is 1. The summed E-state index contributed by atoms with van der Waals surface area (Å²) < 4.78 is 2.60. The highest BCUT2D eigenvalue weighted by atomic mass is 32.1. The van der Waals surface area contributed by atoms with Crippen LogP contribution in [0.25, 0.3) is 98.7 Å². The fourth-order valence-corrected chi connectivity index (χ4v) is 9.97. The van der Waals surface area contributed by atoms with E-state index in [0.29, 0.717) is 5.82 Å². The molecule has 3 nitrogen and oxygen atoms in total. The molecule has 3 aromatic heterocycles. The van der Waals surface area contributed by atoms with Crippen LogP contribution in [0.1, 0.15) is 25.0 Å². The number of nitrogens with zero attached hydrogens (tertiary/aromatic N) is 3. The Morgan fingerprint density at radius 2 is 1.07 bits per heavy atom. The average molecular weight is 760 g/mol. The van der Waals surface area contributed by atoms with Gasteiger partial charge in [0.05, 0.1) is 17.1 Å². The van der Waals surface area contributed by atoms with Crippen molar-refractivity contribution in [3.8, 4) is 78.5 Å². The summed E-state index contributed by atoms with van der Waals surface area (Å²) in [6.07, 6.45) is 1.89. The molecule has 0 spiro atoms. The molecule has 58 heavy (non-hydrogen) atoms. The molecule has 0 amide bonds. The minimum absolute atomic E-state index is 0.160. The first-order valence-corrected chi connectivity index (χ1v) is 20.6. The second-order valence-electron chi connectivity index (χ2n) is 15.6. The van der Waals surface area contributed by atoms with Gasteiger partial charge in [0.15, 0.2) is 5.82 Å². The molecule has 0 atom stereocenters. The zero-order valence-electron chi connectivity index (χ0n) is 32.1. The molecule has 0 fully saturated rings. The Labute approximate surface area is 342 Å².